The van der Waals surface area contributed by atoms with Crippen molar-refractivity contribution in [3.05, 3.63) is 12.2 Å². The summed E-state index contributed by atoms with van der Waals surface area (Å²) in [6.45, 7) is 2.84. The molecule has 1 unspecified atom stereocenters. The Morgan fingerprint density at radius 1 is 1.23 bits per heavy atom. The number of carbonyl (C=O) groups is 4. The second kappa shape index (κ2) is 9.59. The van der Waals surface area contributed by atoms with E-state index in [0.717, 1.165) is 0 Å². The van der Waals surface area contributed by atoms with Gasteiger partial charge in [-0.1, -0.05) is 6.58 Å². The van der Waals surface area contributed by atoms with Crippen LogP contribution in [-0.2, 0) is 34.2 Å². The summed E-state index contributed by atoms with van der Waals surface area (Å²) in [5.74, 6) is -18.0. The summed E-state index contributed by atoms with van der Waals surface area (Å²) in [4.78, 5) is 45.5. The Balaban J connectivity index is 2.60. The van der Waals surface area contributed by atoms with E-state index in [1.807, 2.05) is 5.32 Å². The third-order valence-electron chi connectivity index (χ3n) is 3.86. The minimum absolute atomic E-state index is 0.0906. The first-order valence-corrected chi connectivity index (χ1v) is 9.75. The fourth-order valence-electron chi connectivity index (χ4n) is 2.30. The van der Waals surface area contributed by atoms with E-state index in [1.54, 1.807) is 0 Å². The summed E-state index contributed by atoms with van der Waals surface area (Å²) in [5, 5.41) is 1.99. The molecule has 0 aromatic rings. The summed E-state index contributed by atoms with van der Waals surface area (Å²) in [5.41, 5.74) is 0.0906. The number of ether oxygens (including phenoxy) is 2. The van der Waals surface area contributed by atoms with E-state index in [0.29, 0.717) is 0 Å². The first kappa shape index (κ1) is 26.3. The zero-order valence-corrected chi connectivity index (χ0v) is 16.7. The smallest absolute Gasteiger partial charge is 0.407 e. The van der Waals surface area contributed by atoms with Gasteiger partial charge in [0.15, 0.2) is 0 Å². The molecule has 16 heteroatoms. The number of nitrogens with zero attached hydrogens (tertiary/aromatic N) is 1. The van der Waals surface area contributed by atoms with Gasteiger partial charge in [-0.15, -0.1) is 0 Å². The molecule has 0 bridgehead atoms. The van der Waals surface area contributed by atoms with Gasteiger partial charge in [0, 0.05) is 12.0 Å². The maximum absolute atomic E-state index is 14.2. The predicted octanol–water partition coefficient (Wildman–Crippen LogP) is 0.670. The van der Waals surface area contributed by atoms with Crippen LogP contribution in [0.2, 0.25) is 0 Å². The molecule has 1 aliphatic rings. The molecular formula is C15H18F4N2O9S. The normalized spacial score (nSPS) is 17.5. The third kappa shape index (κ3) is 6.36. The predicted molar refractivity (Wildman–Crippen MR) is 91.1 cm³/mol. The Hall–Kier alpha value is -2.75. The average molecular weight is 478 g/mol. The molecule has 1 rings (SSSR count). The highest BCUT2D eigenvalue weighted by Gasteiger charge is 2.67. The summed E-state index contributed by atoms with van der Waals surface area (Å²) >= 11 is 0. The van der Waals surface area contributed by atoms with Crippen LogP contribution < -0.4 is 5.32 Å². The van der Waals surface area contributed by atoms with Crippen molar-refractivity contribution in [2.45, 2.75) is 31.6 Å². The average Bonchev–Trinajstić information content (AvgIpc) is 2.93. The third-order valence-corrected chi connectivity index (χ3v) is 4.71. The minimum Gasteiger partial charge on any atom is -0.460 e. The maximum Gasteiger partial charge on any atom is 0.407 e. The Bertz CT molecular complexity index is 876. The van der Waals surface area contributed by atoms with Crippen LogP contribution in [0.25, 0.3) is 0 Å². The second-order valence-corrected chi connectivity index (χ2v) is 7.55. The number of alkyl halides is 4. The molecule has 0 radical (unpaired) electrons. The summed E-state index contributed by atoms with van der Waals surface area (Å²) in [6, 6.07) is 0. The topological polar surface area (TPSA) is 156 Å². The molecule has 1 heterocycles. The van der Waals surface area contributed by atoms with Gasteiger partial charge in [-0.3, -0.25) is 14.1 Å². The fourth-order valence-corrected chi connectivity index (χ4v) is 2.99. The molecule has 0 aliphatic carbocycles. The van der Waals surface area contributed by atoms with E-state index in [2.05, 4.69) is 16.1 Å². The molecule has 0 aromatic heterocycles. The van der Waals surface area contributed by atoms with Gasteiger partial charge >= 0.3 is 34.2 Å². The highest BCUT2D eigenvalue weighted by molar-refractivity contribution is 7.84. The Morgan fingerprint density at radius 3 is 2.29 bits per heavy atom. The Labute approximate surface area is 173 Å². The zero-order valence-electron chi connectivity index (χ0n) is 15.9. The van der Waals surface area contributed by atoms with Crippen LogP contribution in [0.1, 0.15) is 19.8 Å². The van der Waals surface area contributed by atoms with Crippen LogP contribution in [0.15, 0.2) is 12.2 Å². The van der Waals surface area contributed by atoms with Gasteiger partial charge in [0.05, 0.1) is 19.6 Å². The van der Waals surface area contributed by atoms with Crippen LogP contribution >= 0.6 is 0 Å². The molecule has 11 nitrogen and oxygen atoms in total. The monoisotopic (exact) mass is 478 g/mol. The molecule has 0 saturated carbocycles. The molecular weight excluding hydrogens is 460 g/mol. The Morgan fingerprint density at radius 2 is 1.81 bits per heavy atom. The number of amides is 3. The van der Waals surface area contributed by atoms with Gasteiger partial charge in [-0.05, 0) is 6.92 Å². The van der Waals surface area contributed by atoms with E-state index in [9.17, 15) is 45.2 Å². The summed E-state index contributed by atoms with van der Waals surface area (Å²) < 4.78 is 94.8. The summed E-state index contributed by atoms with van der Waals surface area (Å²) in [7, 11) is -5.55. The van der Waals surface area contributed by atoms with Crippen molar-refractivity contribution in [1.29, 1.82) is 0 Å². The van der Waals surface area contributed by atoms with E-state index in [-0.39, 0.29) is 18.7 Å². The van der Waals surface area contributed by atoms with Crippen LogP contribution in [0.5, 0.6) is 0 Å². The molecule has 1 aliphatic heterocycles. The van der Waals surface area contributed by atoms with E-state index < -0.39 is 75.7 Å². The minimum atomic E-state index is -5.55. The van der Waals surface area contributed by atoms with Crippen LogP contribution in [0.3, 0.4) is 0 Å². The van der Waals surface area contributed by atoms with E-state index >= 15 is 0 Å². The van der Waals surface area contributed by atoms with Gasteiger partial charge in [0.25, 0.3) is 5.91 Å². The number of carbonyl (C=O) groups excluding carboxylic acids is 4. The zero-order chi connectivity index (χ0) is 24.2. The fraction of sp³-hybridized carbons (Fsp3) is 0.600. The molecule has 1 fully saturated rings. The first-order chi connectivity index (χ1) is 14.0. The van der Waals surface area contributed by atoms with Crippen LogP contribution in [-0.4, -0.2) is 72.8 Å². The maximum atomic E-state index is 14.2. The van der Waals surface area contributed by atoms with Gasteiger partial charge in [0.2, 0.25) is 5.91 Å². The molecule has 1 saturated heterocycles. The molecule has 3 amide bonds. The van der Waals surface area contributed by atoms with Gasteiger partial charge in [-0.2, -0.15) is 30.3 Å². The molecule has 1 atom stereocenters. The SMILES string of the molecule is C=C(C)C(=O)OCCNC(=O)OCCC(F)(F)C(F)(F)C1CC(=O)N(S(=O)(=O)O)C1=O. The number of halogens is 4. The lowest BCUT2D eigenvalue weighted by molar-refractivity contribution is -0.237. The van der Waals surface area contributed by atoms with Crippen molar-refractivity contribution < 1.29 is 59.2 Å². The van der Waals surface area contributed by atoms with Crippen molar-refractivity contribution in [3.8, 4) is 0 Å². The first-order valence-electron chi connectivity index (χ1n) is 8.35. The number of hydrogen-bond acceptors (Lipinski definition) is 8. The van der Waals surface area contributed by atoms with Crippen LogP contribution in [0.4, 0.5) is 22.4 Å². The van der Waals surface area contributed by atoms with Crippen molar-refractivity contribution in [3.63, 3.8) is 0 Å². The number of esters is 1. The summed E-state index contributed by atoms with van der Waals surface area (Å²) in [6.07, 6.45) is -4.65. The number of imide groups is 1. The lowest BCUT2D eigenvalue weighted by atomic mass is 9.92. The highest BCUT2D eigenvalue weighted by atomic mass is 32.2. The molecule has 31 heavy (non-hydrogen) atoms. The van der Waals surface area contributed by atoms with Crippen molar-refractivity contribution in [1.82, 2.24) is 9.62 Å². The van der Waals surface area contributed by atoms with Gasteiger partial charge in [-0.25, -0.2) is 9.59 Å². The van der Waals surface area contributed by atoms with Gasteiger partial charge < -0.3 is 14.8 Å². The molecule has 176 valence electrons. The van der Waals surface area contributed by atoms with Crippen molar-refractivity contribution in [2.24, 2.45) is 5.92 Å². The van der Waals surface area contributed by atoms with Crippen LogP contribution in [0, 0.1) is 5.92 Å². The Kier molecular flexibility index (Phi) is 8.13. The number of hydrogen-bond donors (Lipinski definition) is 2. The van der Waals surface area contributed by atoms with Crippen molar-refractivity contribution >= 4 is 34.2 Å². The number of alkyl carbamates (subject to hydrolysis) is 1. The lowest BCUT2D eigenvalue weighted by Crippen LogP contribution is -2.50. The highest BCUT2D eigenvalue weighted by Crippen LogP contribution is 2.46. The quantitative estimate of drug-likeness (QED) is 0.115. The van der Waals surface area contributed by atoms with Gasteiger partial charge in [0.1, 0.15) is 12.5 Å². The standard InChI is InChI=1S/C15H18F4N2O9S/c1-8(2)12(24)29-6-4-20-13(25)30-5-3-14(16,17)15(18,19)9-7-10(22)21(11(9)23)31(26,27)28/h9H,1,3-7H2,2H3,(H,20,25)(H,26,27,28). The second-order valence-electron chi connectivity index (χ2n) is 6.29. The van der Waals surface area contributed by atoms with Crippen molar-refractivity contribution in [2.75, 3.05) is 19.8 Å². The largest absolute Gasteiger partial charge is 0.460 e. The molecule has 2 N–H and O–H groups in total. The number of rotatable bonds is 10. The molecule has 0 spiro atoms. The van der Waals surface area contributed by atoms with E-state index in [1.165, 1.54) is 6.92 Å². The lowest BCUT2D eigenvalue weighted by Gasteiger charge is -2.29. The molecule has 0 aromatic carbocycles. The van der Waals surface area contributed by atoms with E-state index in [4.69, 9.17) is 4.55 Å². The number of nitrogens with one attached hydrogen (secondary N) is 1.